The summed E-state index contributed by atoms with van der Waals surface area (Å²) in [5.74, 6) is 1.75. The lowest BCUT2D eigenvalue weighted by molar-refractivity contribution is -0.135. The van der Waals surface area contributed by atoms with Crippen molar-refractivity contribution in [2.75, 3.05) is 13.2 Å². The topological polar surface area (TPSA) is 18.5 Å². The quantitative estimate of drug-likeness (QED) is 0.701. The van der Waals surface area contributed by atoms with Crippen molar-refractivity contribution in [2.45, 2.75) is 76.9 Å². The van der Waals surface area contributed by atoms with Crippen LogP contribution in [0.2, 0.25) is 0 Å². The fraction of sp³-hybridized carbons (Fsp3) is 0.714. The van der Waals surface area contributed by atoms with Gasteiger partial charge in [-0.25, -0.2) is 0 Å². The molecule has 0 spiro atoms. The molecule has 2 aliphatic rings. The first-order valence-electron chi connectivity index (χ1n) is 9.63. The molecule has 1 saturated heterocycles. The first-order chi connectivity index (χ1) is 11.3. The van der Waals surface area contributed by atoms with Crippen molar-refractivity contribution in [2.24, 2.45) is 5.92 Å². The number of benzene rings is 1. The smallest absolute Gasteiger partial charge is 0.106 e. The maximum absolute atomic E-state index is 5.97. The van der Waals surface area contributed by atoms with Gasteiger partial charge in [-0.15, -0.1) is 0 Å². The van der Waals surface area contributed by atoms with Crippen LogP contribution in [0.4, 0.5) is 0 Å². The van der Waals surface area contributed by atoms with Crippen molar-refractivity contribution < 1.29 is 9.47 Å². The van der Waals surface area contributed by atoms with Crippen molar-refractivity contribution in [3.05, 3.63) is 35.4 Å². The minimum Gasteiger partial charge on any atom is -0.373 e. The Morgan fingerprint density at radius 3 is 2.13 bits per heavy atom. The van der Waals surface area contributed by atoms with Crippen molar-refractivity contribution in [1.29, 1.82) is 0 Å². The van der Waals surface area contributed by atoms with Crippen molar-refractivity contribution >= 4 is 0 Å². The van der Waals surface area contributed by atoms with Gasteiger partial charge in [-0.3, -0.25) is 0 Å². The van der Waals surface area contributed by atoms with Crippen LogP contribution in [0.15, 0.2) is 24.3 Å². The zero-order valence-corrected chi connectivity index (χ0v) is 14.8. The van der Waals surface area contributed by atoms with Crippen LogP contribution in [-0.4, -0.2) is 19.3 Å². The molecule has 2 atom stereocenters. The van der Waals surface area contributed by atoms with Crippen LogP contribution >= 0.6 is 0 Å². The fourth-order valence-corrected chi connectivity index (χ4v) is 4.15. The molecule has 1 aromatic rings. The van der Waals surface area contributed by atoms with Crippen LogP contribution in [-0.2, 0) is 9.47 Å². The Morgan fingerprint density at radius 2 is 1.57 bits per heavy atom. The first kappa shape index (κ1) is 17.0. The standard InChI is InChI=1S/C21H32O2/c1-3-5-16-6-8-17(9-7-16)18-10-12-19(13-11-18)21-15-22-20(4-2)14-23-21/h10-13,16-17,20-21H,3-9,14-15H2,1-2H3. The van der Waals surface area contributed by atoms with E-state index in [2.05, 4.69) is 38.1 Å². The SMILES string of the molecule is CCCC1CCC(c2ccc(C3COC(CC)CO3)cc2)CC1. The minimum absolute atomic E-state index is 0.118. The second-order valence-electron chi connectivity index (χ2n) is 7.36. The third-order valence-electron chi connectivity index (χ3n) is 5.75. The molecule has 3 rings (SSSR count). The van der Waals surface area contributed by atoms with E-state index in [-0.39, 0.29) is 12.2 Å². The average molecular weight is 316 g/mol. The monoisotopic (exact) mass is 316 g/mol. The molecule has 2 heteroatoms. The van der Waals surface area contributed by atoms with Crippen LogP contribution < -0.4 is 0 Å². The molecule has 1 aliphatic carbocycles. The van der Waals surface area contributed by atoms with Crippen LogP contribution in [0.5, 0.6) is 0 Å². The molecule has 1 saturated carbocycles. The third kappa shape index (κ3) is 4.36. The predicted octanol–water partition coefficient (Wildman–Crippen LogP) is 5.63. The molecule has 0 amide bonds. The minimum atomic E-state index is 0.118. The van der Waals surface area contributed by atoms with E-state index in [1.165, 1.54) is 49.7 Å². The van der Waals surface area contributed by atoms with E-state index >= 15 is 0 Å². The zero-order valence-electron chi connectivity index (χ0n) is 14.8. The molecule has 0 bridgehead atoms. The molecule has 0 aromatic heterocycles. The molecule has 23 heavy (non-hydrogen) atoms. The first-order valence-corrected chi connectivity index (χ1v) is 9.63. The Kier molecular flexibility index (Phi) is 6.13. The Morgan fingerprint density at radius 1 is 0.870 bits per heavy atom. The molecule has 2 fully saturated rings. The predicted molar refractivity (Wildman–Crippen MR) is 94.8 cm³/mol. The summed E-state index contributed by atoms with van der Waals surface area (Å²) in [5.41, 5.74) is 2.79. The van der Waals surface area contributed by atoms with E-state index in [9.17, 15) is 0 Å². The highest BCUT2D eigenvalue weighted by atomic mass is 16.6. The van der Waals surface area contributed by atoms with Crippen molar-refractivity contribution in [3.63, 3.8) is 0 Å². The van der Waals surface area contributed by atoms with Crippen molar-refractivity contribution in [3.8, 4) is 0 Å². The maximum atomic E-state index is 5.97. The molecule has 1 heterocycles. The van der Waals surface area contributed by atoms with Gasteiger partial charge < -0.3 is 9.47 Å². The lowest BCUT2D eigenvalue weighted by Gasteiger charge is -2.30. The van der Waals surface area contributed by atoms with Gasteiger partial charge in [0.1, 0.15) is 6.10 Å². The fourth-order valence-electron chi connectivity index (χ4n) is 4.15. The Balaban J connectivity index is 1.53. The van der Waals surface area contributed by atoms with Gasteiger partial charge in [0.2, 0.25) is 0 Å². The molecule has 2 unspecified atom stereocenters. The molecular formula is C21H32O2. The highest BCUT2D eigenvalue weighted by molar-refractivity contribution is 5.27. The number of ether oxygens (including phenoxy) is 2. The third-order valence-corrected chi connectivity index (χ3v) is 5.75. The van der Waals surface area contributed by atoms with E-state index in [0.29, 0.717) is 6.61 Å². The van der Waals surface area contributed by atoms with E-state index in [1.807, 2.05) is 0 Å². The van der Waals surface area contributed by atoms with Gasteiger partial charge >= 0.3 is 0 Å². The lowest BCUT2D eigenvalue weighted by atomic mass is 9.77. The molecule has 1 aromatic carbocycles. The molecule has 0 N–H and O–H groups in total. The summed E-state index contributed by atoms with van der Waals surface area (Å²) in [6, 6.07) is 9.17. The van der Waals surface area contributed by atoms with E-state index in [4.69, 9.17) is 9.47 Å². The summed E-state index contributed by atoms with van der Waals surface area (Å²) >= 11 is 0. The molecule has 0 radical (unpaired) electrons. The van der Waals surface area contributed by atoms with E-state index in [0.717, 1.165) is 24.9 Å². The van der Waals surface area contributed by atoms with E-state index in [1.54, 1.807) is 0 Å². The Bertz CT molecular complexity index is 451. The van der Waals surface area contributed by atoms with Gasteiger partial charge in [-0.05, 0) is 55.1 Å². The summed E-state index contributed by atoms with van der Waals surface area (Å²) in [6.07, 6.45) is 9.76. The molecule has 1 aliphatic heterocycles. The average Bonchev–Trinajstić information content (AvgIpc) is 2.63. The van der Waals surface area contributed by atoms with Gasteiger partial charge in [0, 0.05) is 0 Å². The Hall–Kier alpha value is -0.860. The largest absolute Gasteiger partial charge is 0.373 e. The zero-order chi connectivity index (χ0) is 16.1. The second kappa shape index (κ2) is 8.30. The number of hydrogen-bond donors (Lipinski definition) is 0. The van der Waals surface area contributed by atoms with Gasteiger partial charge in [-0.1, -0.05) is 51.0 Å². The molecule has 128 valence electrons. The van der Waals surface area contributed by atoms with Crippen LogP contribution in [0.25, 0.3) is 0 Å². The maximum Gasteiger partial charge on any atom is 0.106 e. The highest BCUT2D eigenvalue weighted by Crippen LogP contribution is 2.38. The Labute approximate surface area is 141 Å². The summed E-state index contributed by atoms with van der Waals surface area (Å²) in [6.45, 7) is 5.88. The van der Waals surface area contributed by atoms with Crippen LogP contribution in [0.3, 0.4) is 0 Å². The summed E-state index contributed by atoms with van der Waals surface area (Å²) in [7, 11) is 0. The lowest BCUT2D eigenvalue weighted by Crippen LogP contribution is -2.30. The van der Waals surface area contributed by atoms with Gasteiger partial charge in [0.05, 0.1) is 19.3 Å². The summed E-state index contributed by atoms with van der Waals surface area (Å²) < 4.78 is 11.8. The van der Waals surface area contributed by atoms with Gasteiger partial charge in [0.25, 0.3) is 0 Å². The van der Waals surface area contributed by atoms with Gasteiger partial charge in [0.15, 0.2) is 0 Å². The number of hydrogen-bond acceptors (Lipinski definition) is 2. The molecular weight excluding hydrogens is 284 g/mol. The summed E-state index contributed by atoms with van der Waals surface area (Å²) in [4.78, 5) is 0. The normalized spacial score (nSPS) is 31.9. The van der Waals surface area contributed by atoms with Crippen molar-refractivity contribution in [1.82, 2.24) is 0 Å². The van der Waals surface area contributed by atoms with Crippen LogP contribution in [0.1, 0.15) is 81.9 Å². The number of rotatable bonds is 5. The van der Waals surface area contributed by atoms with Crippen LogP contribution in [0, 0.1) is 5.92 Å². The molecule has 2 nitrogen and oxygen atoms in total. The second-order valence-corrected chi connectivity index (χ2v) is 7.36. The highest BCUT2D eigenvalue weighted by Gasteiger charge is 2.24. The van der Waals surface area contributed by atoms with Gasteiger partial charge in [-0.2, -0.15) is 0 Å². The van der Waals surface area contributed by atoms with E-state index < -0.39 is 0 Å². The summed E-state index contributed by atoms with van der Waals surface area (Å²) in [5, 5.41) is 0.